The normalized spacial score (nSPS) is 14.6. The van der Waals surface area contributed by atoms with E-state index < -0.39 is 21.8 Å². The van der Waals surface area contributed by atoms with Gasteiger partial charge in [-0.2, -0.15) is 13.2 Å². The summed E-state index contributed by atoms with van der Waals surface area (Å²) in [6, 6.07) is 7.33. The molecule has 0 unspecified atom stereocenters. The summed E-state index contributed by atoms with van der Waals surface area (Å²) in [4.78, 5) is 14.6. The zero-order valence-corrected chi connectivity index (χ0v) is 14.6. The summed E-state index contributed by atoms with van der Waals surface area (Å²) in [5.74, 6) is 0. The molecule has 0 atom stereocenters. The van der Waals surface area contributed by atoms with Gasteiger partial charge in [-0.05, 0) is 42.3 Å². The van der Waals surface area contributed by atoms with Crippen LogP contribution in [0.3, 0.4) is 0 Å². The van der Waals surface area contributed by atoms with Gasteiger partial charge >= 0.3 is 6.18 Å². The molecule has 4 rings (SSSR count). The van der Waals surface area contributed by atoms with Crippen molar-refractivity contribution in [2.24, 2.45) is 0 Å². The van der Waals surface area contributed by atoms with Crippen molar-refractivity contribution in [1.29, 1.82) is 0 Å². The standard InChI is InChI=1S/C18H13F3N2O3S/c19-18(20,21)14-2-1-3-15-12(14)7-9-23(15)27(25,26)17-5-4-16(24)13-10-22-8-6-11(13)17/h1-6,8,10,22H,7,9H2. The fourth-order valence-corrected chi connectivity index (χ4v) is 5.14. The fourth-order valence-electron chi connectivity index (χ4n) is 3.44. The van der Waals surface area contributed by atoms with E-state index in [1.165, 1.54) is 36.7 Å². The van der Waals surface area contributed by atoms with Gasteiger partial charge in [-0.1, -0.05) is 6.07 Å². The lowest BCUT2D eigenvalue weighted by Gasteiger charge is -2.22. The molecule has 5 nitrogen and oxygen atoms in total. The van der Waals surface area contributed by atoms with Crippen molar-refractivity contribution in [3.63, 3.8) is 0 Å². The molecule has 0 saturated heterocycles. The number of hydrogen-bond donors (Lipinski definition) is 1. The summed E-state index contributed by atoms with van der Waals surface area (Å²) in [5, 5.41) is 0. The number of anilines is 1. The Balaban J connectivity index is 1.89. The number of H-pyrrole nitrogens is 1. The van der Waals surface area contributed by atoms with Crippen LogP contribution in [-0.2, 0) is 22.6 Å². The van der Waals surface area contributed by atoms with E-state index in [2.05, 4.69) is 4.98 Å². The van der Waals surface area contributed by atoms with Crippen LogP contribution in [0.1, 0.15) is 11.1 Å². The number of pyridine rings is 1. The van der Waals surface area contributed by atoms with Crippen molar-refractivity contribution in [3.8, 4) is 11.1 Å². The Morgan fingerprint density at radius 2 is 1.81 bits per heavy atom. The first kappa shape index (κ1) is 17.6. The van der Waals surface area contributed by atoms with Gasteiger partial charge in [0.05, 0.1) is 16.1 Å². The van der Waals surface area contributed by atoms with E-state index >= 15 is 0 Å². The SMILES string of the molecule is O=c1ccc(S(=O)(=O)N2CCc3c2cccc3C(F)(F)F)c2cc[nH]cc1-2. The Kier molecular flexibility index (Phi) is 3.81. The number of nitrogens with zero attached hydrogens (tertiary/aromatic N) is 1. The molecule has 9 heteroatoms. The molecule has 0 saturated carbocycles. The number of aromatic amines is 1. The van der Waals surface area contributed by atoms with Crippen LogP contribution < -0.4 is 9.73 Å². The van der Waals surface area contributed by atoms with Gasteiger partial charge in [-0.3, -0.25) is 9.10 Å². The van der Waals surface area contributed by atoms with Gasteiger partial charge in [-0.25, -0.2) is 8.42 Å². The van der Waals surface area contributed by atoms with Gasteiger partial charge in [0.25, 0.3) is 10.0 Å². The van der Waals surface area contributed by atoms with E-state index in [9.17, 15) is 26.4 Å². The average molecular weight is 394 g/mol. The third-order valence-electron chi connectivity index (χ3n) is 4.64. The number of fused-ring (bicyclic) bond motifs is 2. The first-order valence-corrected chi connectivity index (χ1v) is 9.47. The van der Waals surface area contributed by atoms with E-state index in [1.807, 2.05) is 0 Å². The van der Waals surface area contributed by atoms with Gasteiger partial charge in [0.15, 0.2) is 5.43 Å². The van der Waals surface area contributed by atoms with Crippen molar-refractivity contribution in [2.45, 2.75) is 17.5 Å². The molecule has 1 aliphatic carbocycles. The number of halogens is 3. The van der Waals surface area contributed by atoms with Crippen molar-refractivity contribution >= 4 is 15.7 Å². The average Bonchev–Trinajstić information content (AvgIpc) is 3.06. The Labute approximate surface area is 152 Å². The molecule has 1 N–H and O–H groups in total. The highest BCUT2D eigenvalue weighted by molar-refractivity contribution is 7.93. The number of alkyl halides is 3. The minimum absolute atomic E-state index is 0.0201. The lowest BCUT2D eigenvalue weighted by molar-refractivity contribution is -0.138. The molecule has 1 aromatic rings. The minimum atomic E-state index is -4.56. The molecular formula is C18H13F3N2O3S. The van der Waals surface area contributed by atoms with E-state index in [-0.39, 0.29) is 45.7 Å². The summed E-state index contributed by atoms with van der Waals surface area (Å²) < 4.78 is 67.1. The summed E-state index contributed by atoms with van der Waals surface area (Å²) in [6.45, 7) is -0.0929. The maximum Gasteiger partial charge on any atom is 0.416 e. The molecule has 0 bridgehead atoms. The molecule has 2 aliphatic heterocycles. The molecule has 3 aliphatic rings. The number of nitrogens with one attached hydrogen (secondary N) is 1. The van der Waals surface area contributed by atoms with Crippen LogP contribution in [-0.4, -0.2) is 19.9 Å². The van der Waals surface area contributed by atoms with Crippen LogP contribution in [0.4, 0.5) is 18.9 Å². The number of rotatable bonds is 2. The predicted octanol–water partition coefficient (Wildman–Crippen LogP) is 3.25. The number of benzene rings is 2. The van der Waals surface area contributed by atoms with Crippen LogP contribution in [0.15, 0.2) is 58.5 Å². The minimum Gasteiger partial charge on any atom is -0.367 e. The molecule has 2 heterocycles. The monoisotopic (exact) mass is 394 g/mol. The molecular weight excluding hydrogens is 381 g/mol. The maximum absolute atomic E-state index is 13.2. The molecule has 0 fully saturated rings. The number of sulfonamides is 1. The quantitative estimate of drug-likeness (QED) is 0.725. The molecule has 27 heavy (non-hydrogen) atoms. The fraction of sp³-hybridized carbons (Fsp3) is 0.167. The topological polar surface area (TPSA) is 70.2 Å². The number of hydrogen-bond acceptors (Lipinski definition) is 3. The first-order valence-electron chi connectivity index (χ1n) is 8.03. The van der Waals surface area contributed by atoms with Gasteiger partial charge < -0.3 is 4.98 Å². The zero-order chi connectivity index (χ0) is 19.4. The summed E-state index contributed by atoms with van der Waals surface area (Å²) in [7, 11) is -4.14. The third-order valence-corrected chi connectivity index (χ3v) is 6.51. The van der Waals surface area contributed by atoms with E-state index in [0.717, 1.165) is 16.4 Å². The second-order valence-electron chi connectivity index (χ2n) is 6.16. The molecule has 0 amide bonds. The molecule has 0 radical (unpaired) electrons. The Bertz CT molecular complexity index is 1170. The first-order chi connectivity index (χ1) is 12.7. The Morgan fingerprint density at radius 3 is 2.56 bits per heavy atom. The Hall–Kier alpha value is -2.81. The summed E-state index contributed by atoms with van der Waals surface area (Å²) >= 11 is 0. The van der Waals surface area contributed by atoms with Crippen molar-refractivity contribution < 1.29 is 21.6 Å². The highest BCUT2D eigenvalue weighted by Gasteiger charge is 2.40. The second kappa shape index (κ2) is 5.85. The summed E-state index contributed by atoms with van der Waals surface area (Å²) in [5.41, 5.74) is -0.768. The smallest absolute Gasteiger partial charge is 0.367 e. The van der Waals surface area contributed by atoms with Crippen molar-refractivity contribution in [2.75, 3.05) is 10.8 Å². The van der Waals surface area contributed by atoms with Crippen molar-refractivity contribution in [1.82, 2.24) is 4.98 Å². The zero-order valence-electron chi connectivity index (χ0n) is 13.7. The van der Waals surface area contributed by atoms with Crippen LogP contribution in [0.5, 0.6) is 0 Å². The highest BCUT2D eigenvalue weighted by Crippen LogP contribution is 2.42. The van der Waals surface area contributed by atoms with Gasteiger partial charge in [-0.15, -0.1) is 0 Å². The molecule has 1 aromatic carbocycles. The molecule has 0 aromatic heterocycles. The van der Waals surface area contributed by atoms with Gasteiger partial charge in [0.2, 0.25) is 0 Å². The largest absolute Gasteiger partial charge is 0.416 e. The van der Waals surface area contributed by atoms with Gasteiger partial charge in [0.1, 0.15) is 0 Å². The predicted molar refractivity (Wildman–Crippen MR) is 93.4 cm³/mol. The highest BCUT2D eigenvalue weighted by atomic mass is 32.2. The molecule has 140 valence electrons. The van der Waals surface area contributed by atoms with E-state index in [4.69, 9.17) is 0 Å². The Morgan fingerprint density at radius 1 is 1.04 bits per heavy atom. The number of aromatic nitrogens is 1. The van der Waals surface area contributed by atoms with Crippen LogP contribution in [0.2, 0.25) is 0 Å². The lowest BCUT2D eigenvalue weighted by Crippen LogP contribution is -2.30. The van der Waals surface area contributed by atoms with Crippen LogP contribution >= 0.6 is 0 Å². The molecule has 0 spiro atoms. The van der Waals surface area contributed by atoms with Crippen LogP contribution in [0, 0.1) is 0 Å². The third kappa shape index (κ3) is 2.69. The lowest BCUT2D eigenvalue weighted by atomic mass is 10.0. The van der Waals surface area contributed by atoms with Crippen molar-refractivity contribution in [3.05, 3.63) is 70.1 Å². The second-order valence-corrected chi connectivity index (χ2v) is 7.99. The van der Waals surface area contributed by atoms with E-state index in [1.54, 1.807) is 0 Å². The van der Waals surface area contributed by atoms with Gasteiger partial charge in [0, 0.05) is 30.1 Å². The summed E-state index contributed by atoms with van der Waals surface area (Å²) in [6.07, 6.45) is -1.70. The van der Waals surface area contributed by atoms with E-state index in [0.29, 0.717) is 0 Å². The van der Waals surface area contributed by atoms with Crippen LogP contribution in [0.25, 0.3) is 11.1 Å². The maximum atomic E-state index is 13.2.